The summed E-state index contributed by atoms with van der Waals surface area (Å²) in [4.78, 5) is 30.5. The summed E-state index contributed by atoms with van der Waals surface area (Å²) in [6.07, 6.45) is 2.63. The van der Waals surface area contributed by atoms with Crippen LogP contribution in [0, 0.1) is 0 Å². The fourth-order valence-corrected chi connectivity index (χ4v) is 3.82. The number of fused-ring (bicyclic) bond motifs is 1. The maximum atomic E-state index is 13.1. The Balaban J connectivity index is 2.10. The summed E-state index contributed by atoms with van der Waals surface area (Å²) in [7, 11) is 0. The Kier molecular flexibility index (Phi) is 5.74. The lowest BCUT2D eigenvalue weighted by molar-refractivity contribution is -0.147. The Morgan fingerprint density at radius 2 is 2.04 bits per heavy atom. The number of carbonyl (C=O) groups excluding carboxylic acids is 1. The van der Waals surface area contributed by atoms with Crippen LogP contribution in [0.25, 0.3) is 21.3 Å². The first-order valence-electron chi connectivity index (χ1n) is 8.47. The Labute approximate surface area is 160 Å². The third kappa shape index (κ3) is 3.52. The highest BCUT2D eigenvalue weighted by Gasteiger charge is 2.23. The van der Waals surface area contributed by atoms with Crippen LogP contribution in [0.1, 0.15) is 32.7 Å². The molecule has 7 heteroatoms. The largest absolute Gasteiger partial charge is 0.464 e. The van der Waals surface area contributed by atoms with Gasteiger partial charge in [0.1, 0.15) is 10.9 Å². The topological polar surface area (TPSA) is 61.2 Å². The van der Waals surface area contributed by atoms with Crippen LogP contribution in [0.4, 0.5) is 0 Å². The Bertz CT molecular complexity index is 979. The molecule has 136 valence electrons. The van der Waals surface area contributed by atoms with Gasteiger partial charge in [0.05, 0.1) is 18.3 Å². The van der Waals surface area contributed by atoms with Crippen molar-refractivity contribution in [2.24, 2.45) is 0 Å². The van der Waals surface area contributed by atoms with Crippen molar-refractivity contribution in [3.05, 3.63) is 51.3 Å². The van der Waals surface area contributed by atoms with Gasteiger partial charge in [0.2, 0.25) is 0 Å². The lowest BCUT2D eigenvalue weighted by atomic mass is 10.1. The second-order valence-corrected chi connectivity index (χ2v) is 7.18. The van der Waals surface area contributed by atoms with Crippen LogP contribution in [-0.4, -0.2) is 22.1 Å². The molecule has 0 aliphatic rings. The smallest absolute Gasteiger partial charge is 0.329 e. The second-order valence-electron chi connectivity index (χ2n) is 5.88. The molecule has 0 saturated heterocycles. The molecule has 0 saturated carbocycles. The summed E-state index contributed by atoms with van der Waals surface area (Å²) in [6.45, 7) is 4.12. The second kappa shape index (κ2) is 8.01. The van der Waals surface area contributed by atoms with Gasteiger partial charge in [0, 0.05) is 16.0 Å². The van der Waals surface area contributed by atoms with E-state index in [1.165, 1.54) is 22.2 Å². The van der Waals surface area contributed by atoms with E-state index in [0.29, 0.717) is 28.3 Å². The molecular weight excluding hydrogens is 372 g/mol. The van der Waals surface area contributed by atoms with Gasteiger partial charge < -0.3 is 4.74 Å². The molecule has 1 aromatic carbocycles. The van der Waals surface area contributed by atoms with Gasteiger partial charge >= 0.3 is 5.97 Å². The lowest BCUT2D eigenvalue weighted by Crippen LogP contribution is -2.31. The van der Waals surface area contributed by atoms with Crippen LogP contribution in [0.15, 0.2) is 40.8 Å². The molecule has 1 atom stereocenters. The molecule has 0 radical (unpaired) electrons. The van der Waals surface area contributed by atoms with Crippen molar-refractivity contribution in [3.8, 4) is 11.1 Å². The number of benzene rings is 1. The summed E-state index contributed by atoms with van der Waals surface area (Å²) in [5.41, 5.74) is 1.45. The number of esters is 1. The zero-order valence-electron chi connectivity index (χ0n) is 14.6. The van der Waals surface area contributed by atoms with Crippen LogP contribution in [-0.2, 0) is 9.53 Å². The monoisotopic (exact) mass is 390 g/mol. The Morgan fingerprint density at radius 1 is 1.31 bits per heavy atom. The maximum absolute atomic E-state index is 13.1. The van der Waals surface area contributed by atoms with E-state index >= 15 is 0 Å². The Hall–Kier alpha value is -2.18. The van der Waals surface area contributed by atoms with Crippen LogP contribution in [0.3, 0.4) is 0 Å². The molecule has 0 N–H and O–H groups in total. The molecule has 5 nitrogen and oxygen atoms in total. The van der Waals surface area contributed by atoms with Crippen LogP contribution in [0.5, 0.6) is 0 Å². The number of halogens is 1. The number of thiophene rings is 1. The van der Waals surface area contributed by atoms with E-state index in [-0.39, 0.29) is 5.56 Å². The molecule has 0 amide bonds. The fraction of sp³-hybridized carbons (Fsp3) is 0.316. The van der Waals surface area contributed by atoms with Crippen molar-refractivity contribution in [1.82, 2.24) is 9.55 Å². The standard InChI is InChI=1S/C19H19ClN2O3S/c1-3-9-25-19(24)15(4-2)22-11-21-17-16(18(22)23)14(10-26-17)12-5-7-13(20)8-6-12/h5-8,10-11,15H,3-4,9H2,1-2H3/t15-/m0/s1. The highest BCUT2D eigenvalue weighted by atomic mass is 35.5. The van der Waals surface area contributed by atoms with Gasteiger partial charge in [-0.3, -0.25) is 9.36 Å². The van der Waals surface area contributed by atoms with Crippen molar-refractivity contribution < 1.29 is 9.53 Å². The fourth-order valence-electron chi connectivity index (χ4n) is 2.79. The van der Waals surface area contributed by atoms with Gasteiger partial charge in [-0.05, 0) is 30.5 Å². The van der Waals surface area contributed by atoms with E-state index in [2.05, 4.69) is 4.98 Å². The van der Waals surface area contributed by atoms with E-state index in [9.17, 15) is 9.59 Å². The maximum Gasteiger partial charge on any atom is 0.329 e. The molecule has 0 fully saturated rings. The molecule has 3 rings (SSSR count). The first-order valence-corrected chi connectivity index (χ1v) is 9.73. The van der Waals surface area contributed by atoms with Gasteiger partial charge in [-0.2, -0.15) is 0 Å². The third-order valence-electron chi connectivity index (χ3n) is 4.12. The molecule has 2 aromatic heterocycles. The molecule has 0 spiro atoms. The van der Waals surface area contributed by atoms with E-state index in [0.717, 1.165) is 17.5 Å². The predicted molar refractivity (Wildman–Crippen MR) is 105 cm³/mol. The first kappa shape index (κ1) is 18.6. The summed E-state index contributed by atoms with van der Waals surface area (Å²) in [5, 5.41) is 3.05. The number of ether oxygens (including phenoxy) is 1. The van der Waals surface area contributed by atoms with Crippen LogP contribution < -0.4 is 5.56 Å². The van der Waals surface area contributed by atoms with Gasteiger partial charge in [-0.1, -0.05) is 37.6 Å². The van der Waals surface area contributed by atoms with Crippen molar-refractivity contribution in [2.45, 2.75) is 32.7 Å². The lowest BCUT2D eigenvalue weighted by Gasteiger charge is -2.16. The molecule has 3 aromatic rings. The predicted octanol–water partition coefficient (Wildman–Crippen LogP) is 4.68. The number of aromatic nitrogens is 2. The summed E-state index contributed by atoms with van der Waals surface area (Å²) < 4.78 is 6.62. The minimum absolute atomic E-state index is 0.235. The molecular formula is C19H19ClN2O3S. The summed E-state index contributed by atoms with van der Waals surface area (Å²) in [5.74, 6) is -0.402. The number of rotatable bonds is 6. The quantitative estimate of drug-likeness (QED) is 0.573. The number of hydrogen-bond acceptors (Lipinski definition) is 5. The first-order chi connectivity index (χ1) is 12.6. The normalized spacial score (nSPS) is 12.3. The minimum Gasteiger partial charge on any atom is -0.464 e. The third-order valence-corrected chi connectivity index (χ3v) is 5.26. The zero-order chi connectivity index (χ0) is 18.7. The number of hydrogen-bond donors (Lipinski definition) is 0. The number of nitrogens with zero attached hydrogens (tertiary/aromatic N) is 2. The molecule has 2 heterocycles. The zero-order valence-corrected chi connectivity index (χ0v) is 16.1. The molecule has 0 unspecified atom stereocenters. The van der Waals surface area contributed by atoms with Gasteiger partial charge in [0.15, 0.2) is 0 Å². The van der Waals surface area contributed by atoms with Gasteiger partial charge in [-0.25, -0.2) is 9.78 Å². The van der Waals surface area contributed by atoms with Crippen molar-refractivity contribution in [1.29, 1.82) is 0 Å². The molecule has 26 heavy (non-hydrogen) atoms. The summed E-state index contributed by atoms with van der Waals surface area (Å²) >= 11 is 7.36. The Morgan fingerprint density at radius 3 is 2.69 bits per heavy atom. The van der Waals surface area contributed by atoms with Gasteiger partial charge in [0.25, 0.3) is 5.56 Å². The average Bonchev–Trinajstić information content (AvgIpc) is 3.08. The molecule has 0 aliphatic heterocycles. The average molecular weight is 391 g/mol. The minimum atomic E-state index is -0.677. The number of carbonyl (C=O) groups is 1. The molecule has 0 bridgehead atoms. The molecule has 0 aliphatic carbocycles. The van der Waals surface area contributed by atoms with E-state index in [1.54, 1.807) is 12.1 Å². The highest BCUT2D eigenvalue weighted by molar-refractivity contribution is 7.17. The van der Waals surface area contributed by atoms with E-state index in [1.807, 2.05) is 31.4 Å². The summed E-state index contributed by atoms with van der Waals surface area (Å²) in [6, 6.07) is 6.63. The van der Waals surface area contributed by atoms with Gasteiger partial charge in [-0.15, -0.1) is 11.3 Å². The van der Waals surface area contributed by atoms with Crippen molar-refractivity contribution in [2.75, 3.05) is 6.61 Å². The van der Waals surface area contributed by atoms with Crippen LogP contribution in [0.2, 0.25) is 5.02 Å². The van der Waals surface area contributed by atoms with E-state index in [4.69, 9.17) is 16.3 Å². The van der Waals surface area contributed by atoms with Crippen molar-refractivity contribution >= 4 is 39.1 Å². The SMILES string of the molecule is CCCOC(=O)[C@H](CC)n1cnc2scc(-c3ccc(Cl)cc3)c2c1=O. The van der Waals surface area contributed by atoms with E-state index < -0.39 is 12.0 Å². The van der Waals surface area contributed by atoms with Crippen molar-refractivity contribution in [3.63, 3.8) is 0 Å². The highest BCUT2D eigenvalue weighted by Crippen LogP contribution is 2.31. The van der Waals surface area contributed by atoms with Crippen LogP contribution >= 0.6 is 22.9 Å².